The van der Waals surface area contributed by atoms with Gasteiger partial charge in [0.2, 0.25) is 0 Å². The minimum absolute atomic E-state index is 0.278. The van der Waals surface area contributed by atoms with E-state index in [1.54, 1.807) is 13.0 Å². The van der Waals surface area contributed by atoms with E-state index in [-0.39, 0.29) is 12.6 Å². The third kappa shape index (κ3) is 5.98. The Labute approximate surface area is 77.9 Å². The van der Waals surface area contributed by atoms with E-state index in [0.717, 1.165) is 0 Å². The van der Waals surface area contributed by atoms with Gasteiger partial charge in [0.05, 0.1) is 0 Å². The number of esters is 1. The lowest BCUT2D eigenvalue weighted by atomic mass is 10.4. The first-order chi connectivity index (χ1) is 5.68. The van der Waals surface area contributed by atoms with Gasteiger partial charge in [-0.05, 0) is 19.9 Å². The minimum atomic E-state index is -0.569. The predicted molar refractivity (Wildman–Crippen MR) is 50.2 cm³/mol. The van der Waals surface area contributed by atoms with Crippen LogP contribution in [0.25, 0.3) is 0 Å². The number of halogens is 1. The number of ether oxygens (including phenoxy) is 1. The summed E-state index contributed by atoms with van der Waals surface area (Å²) >= 11 is 5.46. The molecular formula is C9H13ClO2. The summed E-state index contributed by atoms with van der Waals surface area (Å²) in [6.07, 6.45) is 7.31. The van der Waals surface area contributed by atoms with E-state index >= 15 is 0 Å². The van der Waals surface area contributed by atoms with Gasteiger partial charge in [-0.2, -0.15) is 0 Å². The van der Waals surface area contributed by atoms with Crippen LogP contribution in [0.4, 0.5) is 0 Å². The highest BCUT2D eigenvalue weighted by atomic mass is 35.5. The van der Waals surface area contributed by atoms with Gasteiger partial charge in [-0.25, -0.2) is 0 Å². The molecule has 0 aliphatic rings. The zero-order chi connectivity index (χ0) is 9.40. The van der Waals surface area contributed by atoms with Gasteiger partial charge in [-0.3, -0.25) is 4.79 Å². The van der Waals surface area contributed by atoms with E-state index in [1.807, 2.05) is 25.2 Å². The zero-order valence-electron chi connectivity index (χ0n) is 7.29. The molecule has 0 aliphatic heterocycles. The Balaban J connectivity index is 3.50. The maximum Gasteiger partial charge on any atom is 0.324 e. The molecule has 12 heavy (non-hydrogen) atoms. The average Bonchev–Trinajstić information content (AvgIpc) is 2.03. The van der Waals surface area contributed by atoms with Crippen molar-refractivity contribution in [3.05, 3.63) is 24.3 Å². The van der Waals surface area contributed by atoms with Gasteiger partial charge in [0.1, 0.15) is 12.0 Å². The van der Waals surface area contributed by atoms with Crippen molar-refractivity contribution in [2.45, 2.75) is 19.2 Å². The second kappa shape index (κ2) is 6.92. The summed E-state index contributed by atoms with van der Waals surface area (Å²) in [7, 11) is 0. The molecule has 68 valence electrons. The van der Waals surface area contributed by atoms with Gasteiger partial charge in [0, 0.05) is 0 Å². The standard InChI is InChI=1S/C9H13ClO2/c1-3-4-5-6-7-12-9(11)8(2)10/h3-6,8H,7H2,1-2H3/b4-3+,6-5+/t8-/m1/s1. The third-order valence-corrected chi connectivity index (χ3v) is 1.26. The maximum atomic E-state index is 10.8. The van der Waals surface area contributed by atoms with Crippen molar-refractivity contribution in [1.82, 2.24) is 0 Å². The summed E-state index contributed by atoms with van der Waals surface area (Å²) < 4.78 is 4.76. The van der Waals surface area contributed by atoms with Crippen molar-refractivity contribution >= 4 is 17.6 Å². The monoisotopic (exact) mass is 188 g/mol. The molecular weight excluding hydrogens is 176 g/mol. The van der Waals surface area contributed by atoms with Crippen LogP contribution in [0.3, 0.4) is 0 Å². The Bertz CT molecular complexity index is 183. The Morgan fingerprint density at radius 2 is 2.25 bits per heavy atom. The molecule has 0 rings (SSSR count). The van der Waals surface area contributed by atoms with Crippen molar-refractivity contribution in [3.8, 4) is 0 Å². The van der Waals surface area contributed by atoms with Gasteiger partial charge in [-0.1, -0.05) is 18.2 Å². The predicted octanol–water partition coefficient (Wildman–Crippen LogP) is 2.29. The summed E-state index contributed by atoms with van der Waals surface area (Å²) in [6.45, 7) is 3.77. The molecule has 0 aliphatic carbocycles. The second-order valence-corrected chi connectivity index (χ2v) is 2.85. The highest BCUT2D eigenvalue weighted by Gasteiger charge is 2.08. The van der Waals surface area contributed by atoms with Crippen molar-refractivity contribution in [2.75, 3.05) is 6.61 Å². The lowest BCUT2D eigenvalue weighted by Gasteiger charge is -2.01. The molecule has 0 heterocycles. The lowest BCUT2D eigenvalue weighted by molar-refractivity contribution is -0.141. The number of allylic oxidation sites excluding steroid dienone is 3. The smallest absolute Gasteiger partial charge is 0.324 e. The van der Waals surface area contributed by atoms with Crippen LogP contribution in [0.1, 0.15) is 13.8 Å². The highest BCUT2D eigenvalue weighted by molar-refractivity contribution is 6.29. The van der Waals surface area contributed by atoms with Crippen LogP contribution < -0.4 is 0 Å². The van der Waals surface area contributed by atoms with Gasteiger partial charge in [0.15, 0.2) is 0 Å². The molecule has 0 saturated carbocycles. The number of carbonyl (C=O) groups is 1. The number of hydrogen-bond acceptors (Lipinski definition) is 2. The first-order valence-electron chi connectivity index (χ1n) is 3.77. The van der Waals surface area contributed by atoms with E-state index < -0.39 is 5.38 Å². The third-order valence-electron chi connectivity index (χ3n) is 1.09. The van der Waals surface area contributed by atoms with Gasteiger partial charge in [-0.15, -0.1) is 11.6 Å². The van der Waals surface area contributed by atoms with E-state index in [1.165, 1.54) is 0 Å². The zero-order valence-corrected chi connectivity index (χ0v) is 8.04. The first-order valence-corrected chi connectivity index (χ1v) is 4.20. The van der Waals surface area contributed by atoms with Crippen LogP contribution in [0.15, 0.2) is 24.3 Å². The highest BCUT2D eigenvalue weighted by Crippen LogP contribution is 1.96. The Morgan fingerprint density at radius 1 is 1.58 bits per heavy atom. The fraction of sp³-hybridized carbons (Fsp3) is 0.444. The summed E-state index contributed by atoms with van der Waals surface area (Å²) in [5, 5.41) is -0.569. The van der Waals surface area contributed by atoms with Gasteiger partial charge >= 0.3 is 5.97 Å². The second-order valence-electron chi connectivity index (χ2n) is 2.20. The largest absolute Gasteiger partial charge is 0.460 e. The topological polar surface area (TPSA) is 26.3 Å². The van der Waals surface area contributed by atoms with Gasteiger partial charge < -0.3 is 4.74 Å². The van der Waals surface area contributed by atoms with Crippen molar-refractivity contribution in [2.24, 2.45) is 0 Å². The van der Waals surface area contributed by atoms with E-state index in [2.05, 4.69) is 0 Å². The van der Waals surface area contributed by atoms with Crippen LogP contribution in [-0.2, 0) is 9.53 Å². The molecule has 1 atom stereocenters. The Morgan fingerprint density at radius 3 is 2.75 bits per heavy atom. The van der Waals surface area contributed by atoms with Crippen LogP contribution in [0.2, 0.25) is 0 Å². The van der Waals surface area contributed by atoms with Crippen LogP contribution in [-0.4, -0.2) is 18.0 Å². The molecule has 0 N–H and O–H groups in total. The molecule has 0 bridgehead atoms. The van der Waals surface area contributed by atoms with Crippen LogP contribution in [0.5, 0.6) is 0 Å². The van der Waals surface area contributed by atoms with Crippen LogP contribution >= 0.6 is 11.6 Å². The minimum Gasteiger partial charge on any atom is -0.460 e. The fourth-order valence-corrected chi connectivity index (χ4v) is 0.553. The molecule has 0 fully saturated rings. The number of alkyl halides is 1. The summed E-state index contributed by atoms with van der Waals surface area (Å²) in [5.41, 5.74) is 0. The number of carbonyl (C=O) groups excluding carboxylic acids is 1. The van der Waals surface area contributed by atoms with Crippen LogP contribution in [0, 0.1) is 0 Å². The molecule has 0 aromatic rings. The molecule has 0 amide bonds. The number of rotatable bonds is 4. The maximum absolute atomic E-state index is 10.8. The van der Waals surface area contributed by atoms with Crippen molar-refractivity contribution in [1.29, 1.82) is 0 Å². The molecule has 0 aromatic carbocycles. The normalized spacial score (nSPS) is 13.9. The van der Waals surface area contributed by atoms with Gasteiger partial charge in [0.25, 0.3) is 0 Å². The lowest BCUT2D eigenvalue weighted by Crippen LogP contribution is -2.14. The first kappa shape index (κ1) is 11.2. The van der Waals surface area contributed by atoms with Crippen molar-refractivity contribution < 1.29 is 9.53 Å². The van der Waals surface area contributed by atoms with Crippen molar-refractivity contribution in [3.63, 3.8) is 0 Å². The van der Waals surface area contributed by atoms with E-state index in [9.17, 15) is 4.79 Å². The quantitative estimate of drug-likeness (QED) is 0.385. The van der Waals surface area contributed by atoms with E-state index in [4.69, 9.17) is 16.3 Å². The summed E-state index contributed by atoms with van der Waals surface area (Å²) in [6, 6.07) is 0. The summed E-state index contributed by atoms with van der Waals surface area (Å²) in [4.78, 5) is 10.8. The average molecular weight is 189 g/mol. The molecule has 0 unspecified atom stereocenters. The number of hydrogen-bond donors (Lipinski definition) is 0. The Kier molecular flexibility index (Phi) is 6.48. The van der Waals surface area contributed by atoms with E-state index in [0.29, 0.717) is 0 Å². The Hall–Kier alpha value is -0.760. The molecule has 0 saturated heterocycles. The molecule has 2 nitrogen and oxygen atoms in total. The molecule has 0 aromatic heterocycles. The SMILES string of the molecule is C/C=C/C=C/COC(=O)[C@@H](C)Cl. The fourth-order valence-electron chi connectivity index (χ4n) is 0.490. The molecule has 0 spiro atoms. The molecule has 0 radical (unpaired) electrons. The summed E-state index contributed by atoms with van der Waals surface area (Å²) in [5.74, 6) is -0.387. The molecule has 3 heteroatoms.